The molecule has 0 radical (unpaired) electrons. The van der Waals surface area contributed by atoms with Crippen molar-refractivity contribution in [2.75, 3.05) is 6.61 Å². The van der Waals surface area contributed by atoms with E-state index in [-0.39, 0.29) is 30.6 Å². The van der Waals surface area contributed by atoms with E-state index in [4.69, 9.17) is 10.5 Å². The Morgan fingerprint density at radius 2 is 2.25 bits per heavy atom. The van der Waals surface area contributed by atoms with Crippen molar-refractivity contribution in [2.45, 2.75) is 19.4 Å². The zero-order valence-electron chi connectivity index (χ0n) is 8.98. The number of halogens is 2. The quantitative estimate of drug-likeness (QED) is 0.830. The Morgan fingerprint density at radius 1 is 1.56 bits per heavy atom. The third-order valence-electron chi connectivity index (χ3n) is 1.97. The van der Waals surface area contributed by atoms with Crippen molar-refractivity contribution in [3.63, 3.8) is 0 Å². The second-order valence-corrected chi connectivity index (χ2v) is 3.17. The van der Waals surface area contributed by atoms with Gasteiger partial charge in [-0.05, 0) is 24.6 Å². The second-order valence-electron chi connectivity index (χ2n) is 3.17. The molecule has 0 saturated heterocycles. The van der Waals surface area contributed by atoms with E-state index < -0.39 is 6.04 Å². The van der Waals surface area contributed by atoms with Crippen molar-refractivity contribution in [1.82, 2.24) is 0 Å². The van der Waals surface area contributed by atoms with Gasteiger partial charge >= 0.3 is 5.97 Å². The summed E-state index contributed by atoms with van der Waals surface area (Å²) in [5.74, 6) is -0.721. The van der Waals surface area contributed by atoms with Gasteiger partial charge in [0.1, 0.15) is 5.82 Å². The molecule has 0 aromatic heterocycles. The highest BCUT2D eigenvalue weighted by Crippen LogP contribution is 2.15. The van der Waals surface area contributed by atoms with E-state index in [0.29, 0.717) is 12.2 Å². The molecule has 3 nitrogen and oxygen atoms in total. The summed E-state index contributed by atoms with van der Waals surface area (Å²) in [5.41, 5.74) is 6.33. The van der Waals surface area contributed by atoms with Crippen molar-refractivity contribution in [2.24, 2.45) is 5.73 Å². The average molecular weight is 248 g/mol. The van der Waals surface area contributed by atoms with Gasteiger partial charge in [0.05, 0.1) is 13.0 Å². The lowest BCUT2D eigenvalue weighted by molar-refractivity contribution is -0.143. The van der Waals surface area contributed by atoms with Crippen molar-refractivity contribution >= 4 is 18.4 Å². The van der Waals surface area contributed by atoms with E-state index in [2.05, 4.69) is 0 Å². The summed E-state index contributed by atoms with van der Waals surface area (Å²) in [5, 5.41) is 0. The maximum Gasteiger partial charge on any atom is 0.307 e. The normalized spacial score (nSPS) is 11.4. The smallest absolute Gasteiger partial charge is 0.307 e. The number of nitrogens with two attached hydrogens (primary N) is 1. The van der Waals surface area contributed by atoms with Crippen molar-refractivity contribution in [3.05, 3.63) is 35.6 Å². The fourth-order valence-electron chi connectivity index (χ4n) is 1.25. The Bertz CT molecular complexity index is 347. The van der Waals surface area contributed by atoms with Gasteiger partial charge in [-0.1, -0.05) is 12.1 Å². The van der Waals surface area contributed by atoms with Crippen molar-refractivity contribution < 1.29 is 13.9 Å². The van der Waals surface area contributed by atoms with Gasteiger partial charge in [-0.25, -0.2) is 4.39 Å². The number of rotatable bonds is 4. The van der Waals surface area contributed by atoms with Crippen LogP contribution in [0.2, 0.25) is 0 Å². The highest BCUT2D eigenvalue weighted by atomic mass is 35.5. The van der Waals surface area contributed by atoms with Crippen molar-refractivity contribution in [3.8, 4) is 0 Å². The maximum atomic E-state index is 12.8. The first kappa shape index (κ1) is 14.9. The van der Waals surface area contributed by atoms with Crippen molar-refractivity contribution in [1.29, 1.82) is 0 Å². The third-order valence-corrected chi connectivity index (χ3v) is 1.97. The second kappa shape index (κ2) is 7.19. The van der Waals surface area contributed by atoms with E-state index in [1.807, 2.05) is 0 Å². The van der Waals surface area contributed by atoms with Crippen LogP contribution < -0.4 is 5.73 Å². The minimum absolute atomic E-state index is 0. The summed E-state index contributed by atoms with van der Waals surface area (Å²) in [6.45, 7) is 2.06. The summed E-state index contributed by atoms with van der Waals surface area (Å²) >= 11 is 0. The molecular formula is C11H15ClFNO2. The van der Waals surface area contributed by atoms with Gasteiger partial charge < -0.3 is 10.5 Å². The molecule has 90 valence electrons. The molecular weight excluding hydrogens is 233 g/mol. The SMILES string of the molecule is CCOC(=O)CC(N)c1cccc(F)c1.Cl. The zero-order chi connectivity index (χ0) is 11.3. The van der Waals surface area contributed by atoms with Gasteiger partial charge in [0.2, 0.25) is 0 Å². The maximum absolute atomic E-state index is 12.8. The molecule has 1 aromatic rings. The van der Waals surface area contributed by atoms with Gasteiger partial charge in [0.25, 0.3) is 0 Å². The molecule has 1 rings (SSSR count). The number of ether oxygens (including phenoxy) is 1. The predicted octanol–water partition coefficient (Wildman–Crippen LogP) is 2.20. The number of carbonyl (C=O) groups excluding carboxylic acids is 1. The number of hydrogen-bond donors (Lipinski definition) is 1. The highest BCUT2D eigenvalue weighted by Gasteiger charge is 2.12. The van der Waals surface area contributed by atoms with Crippen LogP contribution in [0.5, 0.6) is 0 Å². The first-order valence-corrected chi connectivity index (χ1v) is 4.80. The molecule has 1 atom stereocenters. The molecule has 0 heterocycles. The van der Waals surface area contributed by atoms with Crippen LogP contribution in [0.4, 0.5) is 4.39 Å². The van der Waals surface area contributed by atoms with Gasteiger partial charge in [-0.2, -0.15) is 0 Å². The molecule has 0 aliphatic rings. The molecule has 2 N–H and O–H groups in total. The first-order valence-electron chi connectivity index (χ1n) is 4.80. The Balaban J connectivity index is 0.00000225. The molecule has 1 unspecified atom stereocenters. The zero-order valence-corrected chi connectivity index (χ0v) is 9.80. The van der Waals surface area contributed by atoms with Gasteiger partial charge in [-0.15, -0.1) is 12.4 Å². The molecule has 5 heteroatoms. The van der Waals surface area contributed by atoms with Crippen LogP contribution >= 0.6 is 12.4 Å². The lowest BCUT2D eigenvalue weighted by Gasteiger charge is -2.10. The molecule has 0 bridgehead atoms. The lowest BCUT2D eigenvalue weighted by Crippen LogP contribution is -2.17. The highest BCUT2D eigenvalue weighted by molar-refractivity contribution is 5.85. The van der Waals surface area contributed by atoms with Crippen LogP contribution in [0.25, 0.3) is 0 Å². The number of carbonyl (C=O) groups is 1. The molecule has 0 spiro atoms. The summed E-state index contributed by atoms with van der Waals surface area (Å²) in [4.78, 5) is 11.1. The minimum atomic E-state index is -0.514. The van der Waals surface area contributed by atoms with Crippen LogP contribution in [0, 0.1) is 5.82 Å². The Morgan fingerprint density at radius 3 is 2.81 bits per heavy atom. The fraction of sp³-hybridized carbons (Fsp3) is 0.364. The summed E-state index contributed by atoms with van der Waals surface area (Å²) in [7, 11) is 0. The number of benzene rings is 1. The van der Waals surface area contributed by atoms with Crippen LogP contribution in [-0.4, -0.2) is 12.6 Å². The predicted molar refractivity (Wildman–Crippen MR) is 61.8 cm³/mol. The molecule has 0 fully saturated rings. The topological polar surface area (TPSA) is 52.3 Å². The van der Waals surface area contributed by atoms with Crippen LogP contribution in [0.1, 0.15) is 24.9 Å². The first-order chi connectivity index (χ1) is 7.13. The Hall–Kier alpha value is -1.13. The van der Waals surface area contributed by atoms with Crippen LogP contribution in [0.15, 0.2) is 24.3 Å². The van der Waals surface area contributed by atoms with E-state index in [9.17, 15) is 9.18 Å². The van der Waals surface area contributed by atoms with E-state index in [1.165, 1.54) is 12.1 Å². The van der Waals surface area contributed by atoms with Gasteiger partial charge in [-0.3, -0.25) is 4.79 Å². The van der Waals surface area contributed by atoms with E-state index in [0.717, 1.165) is 0 Å². The van der Waals surface area contributed by atoms with Crippen LogP contribution in [0.3, 0.4) is 0 Å². The number of hydrogen-bond acceptors (Lipinski definition) is 3. The van der Waals surface area contributed by atoms with Gasteiger partial charge in [0.15, 0.2) is 0 Å². The molecule has 16 heavy (non-hydrogen) atoms. The molecule has 0 amide bonds. The van der Waals surface area contributed by atoms with E-state index >= 15 is 0 Å². The molecule has 0 saturated carbocycles. The van der Waals surface area contributed by atoms with Gasteiger partial charge in [0, 0.05) is 6.04 Å². The summed E-state index contributed by atoms with van der Waals surface area (Å²) in [6.07, 6.45) is 0.0668. The monoisotopic (exact) mass is 247 g/mol. The molecule has 0 aliphatic heterocycles. The summed E-state index contributed by atoms with van der Waals surface area (Å²) < 4.78 is 17.6. The average Bonchev–Trinajstić information content (AvgIpc) is 2.18. The van der Waals surface area contributed by atoms with E-state index in [1.54, 1.807) is 19.1 Å². The van der Waals surface area contributed by atoms with Crippen LogP contribution in [-0.2, 0) is 9.53 Å². The lowest BCUT2D eigenvalue weighted by atomic mass is 10.1. The standard InChI is InChI=1S/C11H14FNO2.ClH/c1-2-15-11(14)7-10(13)8-4-3-5-9(12)6-8;/h3-6,10H,2,7,13H2,1H3;1H. The molecule has 1 aromatic carbocycles. The Labute approximate surface area is 100 Å². The third kappa shape index (κ3) is 4.59. The Kier molecular flexibility index (Phi) is 6.69. The fourth-order valence-corrected chi connectivity index (χ4v) is 1.25. The molecule has 0 aliphatic carbocycles. The minimum Gasteiger partial charge on any atom is -0.466 e. The largest absolute Gasteiger partial charge is 0.466 e. The summed E-state index contributed by atoms with van der Waals surface area (Å²) in [6, 6.07) is 5.40. The number of esters is 1.